The summed E-state index contributed by atoms with van der Waals surface area (Å²) in [5.74, 6) is -0.740. The van der Waals surface area contributed by atoms with Crippen molar-refractivity contribution in [3.05, 3.63) is 89.7 Å². The van der Waals surface area contributed by atoms with Gasteiger partial charge in [0, 0.05) is 5.69 Å². The van der Waals surface area contributed by atoms with Crippen LogP contribution in [0.5, 0.6) is 0 Å². The molecule has 2 heterocycles. The van der Waals surface area contributed by atoms with Gasteiger partial charge in [-0.3, -0.25) is 9.69 Å². The smallest absolute Gasteiger partial charge is 0.325 e. The van der Waals surface area contributed by atoms with Crippen molar-refractivity contribution in [3.8, 4) is 0 Å². The minimum absolute atomic E-state index is 0.0206. The van der Waals surface area contributed by atoms with Crippen molar-refractivity contribution in [1.82, 2.24) is 9.88 Å². The molecule has 1 aromatic heterocycles. The molecule has 12 heteroatoms. The molecule has 2 aromatic carbocycles. The van der Waals surface area contributed by atoms with Gasteiger partial charge >= 0.3 is 18.4 Å². The monoisotopic (exact) mass is 508 g/mol. The maximum absolute atomic E-state index is 13.2. The summed E-state index contributed by atoms with van der Waals surface area (Å²) in [5, 5.41) is 2.36. The van der Waals surface area contributed by atoms with Gasteiger partial charge in [0.2, 0.25) is 5.91 Å². The normalized spacial score (nSPS) is 16.4. The summed E-state index contributed by atoms with van der Waals surface area (Å²) in [7, 11) is 0. The Hall–Kier alpha value is -4.09. The van der Waals surface area contributed by atoms with Gasteiger partial charge in [0.05, 0.1) is 30.0 Å². The highest BCUT2D eigenvalue weighted by Crippen LogP contribution is 2.35. The molecule has 1 aliphatic heterocycles. The number of anilines is 2. The van der Waals surface area contributed by atoms with Crippen LogP contribution in [0.3, 0.4) is 0 Å². The van der Waals surface area contributed by atoms with Crippen LogP contribution in [0.25, 0.3) is 0 Å². The summed E-state index contributed by atoms with van der Waals surface area (Å²) >= 11 is 0. The molecule has 6 nitrogen and oxygen atoms in total. The van der Waals surface area contributed by atoms with Crippen molar-refractivity contribution in [2.45, 2.75) is 18.4 Å². The molecule has 0 aliphatic carbocycles. The van der Waals surface area contributed by atoms with Gasteiger partial charge in [-0.2, -0.15) is 26.3 Å². The first-order chi connectivity index (χ1) is 16.9. The quantitative estimate of drug-likeness (QED) is 0.447. The molecule has 36 heavy (non-hydrogen) atoms. The number of aromatic nitrogens is 1. The first-order valence-electron chi connectivity index (χ1n) is 10.6. The minimum Gasteiger partial charge on any atom is -0.325 e. The lowest BCUT2D eigenvalue weighted by Gasteiger charge is -2.23. The second kappa shape index (κ2) is 9.51. The summed E-state index contributed by atoms with van der Waals surface area (Å²) in [5.41, 5.74) is -1.38. The highest BCUT2D eigenvalue weighted by molar-refractivity contribution is 5.99. The van der Waals surface area contributed by atoms with Crippen LogP contribution in [-0.4, -0.2) is 34.9 Å². The average molecular weight is 508 g/mol. The third-order valence-corrected chi connectivity index (χ3v) is 5.53. The number of nitrogens with one attached hydrogen (secondary N) is 1. The molecule has 4 rings (SSSR count). The summed E-state index contributed by atoms with van der Waals surface area (Å²) < 4.78 is 77.6. The number of urea groups is 1. The lowest BCUT2D eigenvalue weighted by Crippen LogP contribution is -2.38. The molecule has 188 valence electrons. The third kappa shape index (κ3) is 5.42. The highest BCUT2D eigenvalue weighted by Gasteiger charge is 2.40. The Balaban J connectivity index is 1.57. The van der Waals surface area contributed by atoms with E-state index < -0.39 is 48.1 Å². The lowest BCUT2D eigenvalue weighted by atomic mass is 10.1. The van der Waals surface area contributed by atoms with Gasteiger partial charge in [0.25, 0.3) is 0 Å². The van der Waals surface area contributed by atoms with E-state index in [1.165, 1.54) is 15.9 Å². The highest BCUT2D eigenvalue weighted by atomic mass is 19.4. The predicted molar refractivity (Wildman–Crippen MR) is 118 cm³/mol. The van der Waals surface area contributed by atoms with Crippen molar-refractivity contribution in [2.75, 3.05) is 23.3 Å². The van der Waals surface area contributed by atoms with E-state index in [2.05, 4.69) is 10.3 Å². The number of pyridine rings is 1. The Morgan fingerprint density at radius 2 is 1.67 bits per heavy atom. The largest absolute Gasteiger partial charge is 0.433 e. The van der Waals surface area contributed by atoms with Crippen LogP contribution < -0.4 is 10.2 Å². The molecule has 0 spiro atoms. The Morgan fingerprint density at radius 3 is 2.28 bits per heavy atom. The molecule has 3 aromatic rings. The molecule has 0 saturated carbocycles. The van der Waals surface area contributed by atoms with Crippen LogP contribution >= 0.6 is 0 Å². The van der Waals surface area contributed by atoms with E-state index in [-0.39, 0.29) is 17.9 Å². The van der Waals surface area contributed by atoms with Crippen molar-refractivity contribution in [3.63, 3.8) is 0 Å². The van der Waals surface area contributed by atoms with Crippen molar-refractivity contribution < 1.29 is 35.9 Å². The molecule has 1 atom stereocenters. The van der Waals surface area contributed by atoms with Crippen LogP contribution in [-0.2, 0) is 17.1 Å². The molecular weight excluding hydrogens is 490 g/mol. The van der Waals surface area contributed by atoms with Crippen molar-refractivity contribution in [1.29, 1.82) is 0 Å². The van der Waals surface area contributed by atoms with Gasteiger partial charge in [0.1, 0.15) is 12.2 Å². The Labute approximate surface area is 201 Å². The van der Waals surface area contributed by atoms with Gasteiger partial charge < -0.3 is 10.2 Å². The number of carbonyl (C=O) groups excluding carboxylic acids is 2. The number of nitrogens with zero attached hydrogens (tertiary/aromatic N) is 3. The van der Waals surface area contributed by atoms with E-state index >= 15 is 0 Å². The maximum Gasteiger partial charge on any atom is 0.433 e. The van der Waals surface area contributed by atoms with Crippen molar-refractivity contribution >= 4 is 23.3 Å². The number of hydrogen-bond acceptors (Lipinski definition) is 3. The number of benzene rings is 2. The SMILES string of the molecule is O=C(CN1C(=O)N(c2ccc(C(F)(F)F)nc2)C[C@@H]1c1ccccc1)Nc1cccc(C(F)(F)F)c1. The Kier molecular flexibility index (Phi) is 6.61. The van der Waals surface area contributed by atoms with E-state index in [0.717, 1.165) is 36.5 Å². The maximum atomic E-state index is 13.2. The van der Waals surface area contributed by atoms with Crippen LogP contribution in [0.4, 0.5) is 42.5 Å². The van der Waals surface area contributed by atoms with Gasteiger partial charge in [-0.25, -0.2) is 9.78 Å². The second-order valence-corrected chi connectivity index (χ2v) is 7.97. The fourth-order valence-corrected chi connectivity index (χ4v) is 3.83. The van der Waals surface area contributed by atoms with Crippen LogP contribution in [0, 0.1) is 0 Å². The Bertz CT molecular complexity index is 1250. The van der Waals surface area contributed by atoms with Crippen LogP contribution in [0.15, 0.2) is 72.9 Å². The average Bonchev–Trinajstić information content (AvgIpc) is 3.14. The van der Waals surface area contributed by atoms with Gasteiger partial charge in [0.15, 0.2) is 0 Å². The zero-order valence-electron chi connectivity index (χ0n) is 18.3. The first-order valence-corrected chi connectivity index (χ1v) is 10.6. The van der Waals surface area contributed by atoms with E-state index in [9.17, 15) is 35.9 Å². The predicted octanol–water partition coefficient (Wildman–Crippen LogP) is 5.74. The number of rotatable bonds is 5. The fraction of sp³-hybridized carbons (Fsp3) is 0.208. The van der Waals surface area contributed by atoms with Gasteiger partial charge in [-0.1, -0.05) is 36.4 Å². The van der Waals surface area contributed by atoms with Crippen LogP contribution in [0.2, 0.25) is 0 Å². The molecule has 0 radical (unpaired) electrons. The summed E-state index contributed by atoms with van der Waals surface area (Å²) in [6.07, 6.45) is -8.32. The third-order valence-electron chi connectivity index (χ3n) is 5.53. The second-order valence-electron chi connectivity index (χ2n) is 7.97. The molecule has 3 amide bonds. The summed E-state index contributed by atoms with van der Waals surface area (Å²) in [6, 6.07) is 13.3. The van der Waals surface area contributed by atoms with Gasteiger partial charge in [-0.15, -0.1) is 0 Å². The topological polar surface area (TPSA) is 65.5 Å². The number of carbonyl (C=O) groups is 2. The standard InChI is InChI=1S/C24H18F6N4O2/c25-23(26,27)16-7-4-8-17(11-16)32-21(35)14-34-19(15-5-2-1-3-6-15)13-33(22(34)36)18-9-10-20(31-12-18)24(28,29)30/h1-12,19H,13-14H2,(H,32,35)/t19-/m1/s1. The van der Waals surface area contributed by atoms with Gasteiger partial charge in [-0.05, 0) is 35.9 Å². The fourth-order valence-electron chi connectivity index (χ4n) is 3.83. The summed E-state index contributed by atoms with van der Waals surface area (Å²) in [6.45, 7) is -0.480. The molecule has 0 bridgehead atoms. The van der Waals surface area contributed by atoms with E-state index in [4.69, 9.17) is 0 Å². The molecule has 1 fully saturated rings. The van der Waals surface area contributed by atoms with E-state index in [0.29, 0.717) is 5.56 Å². The number of amides is 3. The lowest BCUT2D eigenvalue weighted by molar-refractivity contribution is -0.141. The van der Waals surface area contributed by atoms with E-state index in [1.807, 2.05) is 0 Å². The zero-order valence-corrected chi connectivity index (χ0v) is 18.3. The Morgan fingerprint density at radius 1 is 0.944 bits per heavy atom. The molecule has 1 N–H and O–H groups in total. The van der Waals surface area contributed by atoms with Crippen molar-refractivity contribution in [2.24, 2.45) is 0 Å². The zero-order chi connectivity index (χ0) is 26.1. The van der Waals surface area contributed by atoms with E-state index in [1.54, 1.807) is 30.3 Å². The molecule has 0 unspecified atom stereocenters. The summed E-state index contributed by atoms with van der Waals surface area (Å²) in [4.78, 5) is 31.7. The number of halogens is 6. The van der Waals surface area contributed by atoms with Crippen LogP contribution in [0.1, 0.15) is 22.9 Å². The molecular formula is C24H18F6N4O2. The molecule has 1 saturated heterocycles. The number of hydrogen-bond donors (Lipinski definition) is 1. The molecule has 1 aliphatic rings. The minimum atomic E-state index is -4.65. The first kappa shape index (κ1) is 25.0. The number of alkyl halides is 6.